The van der Waals surface area contributed by atoms with Gasteiger partial charge in [0.25, 0.3) is 0 Å². The van der Waals surface area contributed by atoms with Crippen molar-refractivity contribution in [1.82, 2.24) is 15.0 Å². The van der Waals surface area contributed by atoms with Gasteiger partial charge in [-0.05, 0) is 31.7 Å². The van der Waals surface area contributed by atoms with Crippen molar-refractivity contribution in [2.24, 2.45) is 11.3 Å². The molecule has 0 aliphatic heterocycles. The molecule has 3 heterocycles. The summed E-state index contributed by atoms with van der Waals surface area (Å²) in [6.07, 6.45) is -1.67. The van der Waals surface area contributed by atoms with E-state index in [1.807, 2.05) is 19.9 Å². The summed E-state index contributed by atoms with van der Waals surface area (Å²) in [5.41, 5.74) is 2.68. The largest absolute Gasteiger partial charge is 0.481 e. The molecule has 0 amide bonds. The number of fused-ring (bicyclic) bond motifs is 1. The van der Waals surface area contributed by atoms with Crippen LogP contribution < -0.4 is 15.4 Å². The van der Waals surface area contributed by atoms with Gasteiger partial charge in [-0.3, -0.25) is 0 Å². The molecule has 10 heteroatoms. The van der Waals surface area contributed by atoms with Crippen molar-refractivity contribution in [3.8, 4) is 17.2 Å². The van der Waals surface area contributed by atoms with Gasteiger partial charge in [0.05, 0.1) is 36.2 Å². The molecule has 0 radical (unpaired) electrons. The SMILES string of the molecule is COc1cc2cc(-c3c(C)nc(NCC(C)(C)C)nc3N[C@@H]3C[C@H](CO)[C@@H](O)[C@H]3O)oc2c(C)n1. The molecule has 1 saturated carbocycles. The Balaban J connectivity index is 1.78. The van der Waals surface area contributed by atoms with E-state index in [9.17, 15) is 15.3 Å². The van der Waals surface area contributed by atoms with Crippen LogP contribution in [0.15, 0.2) is 16.5 Å². The molecule has 4 atom stereocenters. The van der Waals surface area contributed by atoms with Crippen LogP contribution in [-0.4, -0.2) is 68.8 Å². The Hall–Kier alpha value is -2.95. The number of pyridine rings is 1. The molecule has 1 aliphatic rings. The number of anilines is 2. The number of ether oxygens (including phenoxy) is 1. The van der Waals surface area contributed by atoms with Crippen molar-refractivity contribution >= 4 is 22.7 Å². The Bertz CT molecular complexity index is 1210. The molecule has 0 aromatic carbocycles. The van der Waals surface area contributed by atoms with E-state index in [1.165, 1.54) is 0 Å². The Morgan fingerprint density at radius 2 is 1.83 bits per heavy atom. The highest BCUT2D eigenvalue weighted by Crippen LogP contribution is 2.38. The monoisotopic (exact) mass is 485 g/mol. The Morgan fingerprint density at radius 3 is 2.46 bits per heavy atom. The molecule has 10 nitrogen and oxygen atoms in total. The Labute approximate surface area is 204 Å². The molecule has 3 aromatic heterocycles. The first kappa shape index (κ1) is 25.2. The van der Waals surface area contributed by atoms with E-state index >= 15 is 0 Å². The summed E-state index contributed by atoms with van der Waals surface area (Å²) in [6, 6.07) is 3.20. The van der Waals surface area contributed by atoms with Gasteiger partial charge >= 0.3 is 0 Å². The van der Waals surface area contributed by atoms with Crippen LogP contribution in [0.4, 0.5) is 11.8 Å². The fraction of sp³-hybridized carbons (Fsp3) is 0.560. The second-order valence-electron chi connectivity index (χ2n) is 10.5. The maximum Gasteiger partial charge on any atom is 0.224 e. The number of aliphatic hydroxyl groups excluding tert-OH is 3. The number of nitrogens with zero attached hydrogens (tertiary/aromatic N) is 3. The third-order valence-corrected chi connectivity index (χ3v) is 6.33. The average molecular weight is 486 g/mol. The second-order valence-corrected chi connectivity index (χ2v) is 10.5. The lowest BCUT2D eigenvalue weighted by atomic mass is 9.97. The van der Waals surface area contributed by atoms with Gasteiger partial charge in [0.2, 0.25) is 11.8 Å². The van der Waals surface area contributed by atoms with Gasteiger partial charge in [0.15, 0.2) is 5.58 Å². The van der Waals surface area contributed by atoms with Gasteiger partial charge in [0, 0.05) is 30.5 Å². The molecule has 0 unspecified atom stereocenters. The highest BCUT2D eigenvalue weighted by Gasteiger charge is 2.41. The number of hydrogen-bond acceptors (Lipinski definition) is 10. The number of aliphatic hydroxyl groups is 3. The van der Waals surface area contributed by atoms with E-state index in [-0.39, 0.29) is 12.0 Å². The Kier molecular flexibility index (Phi) is 6.90. The van der Waals surface area contributed by atoms with Crippen molar-refractivity contribution in [3.63, 3.8) is 0 Å². The summed E-state index contributed by atoms with van der Waals surface area (Å²) in [7, 11) is 1.57. The molecular formula is C25H35N5O5. The quantitative estimate of drug-likeness (QED) is 0.338. The normalized spacial score (nSPS) is 22.5. The first-order chi connectivity index (χ1) is 16.5. The standard InChI is InChI=1S/C25H35N5O5/c1-12-19(17-8-14-9-18(34-6)27-13(2)22(14)35-17)23(30-24(28-12)26-11-25(3,4)5)29-16-7-15(10-31)20(32)21(16)33/h8-9,15-16,20-21,31-33H,7,10-11H2,1-6H3,(H2,26,28,29,30)/t15-,16-,20-,21+/m1/s1. The smallest absolute Gasteiger partial charge is 0.224 e. The zero-order valence-electron chi connectivity index (χ0n) is 21.1. The summed E-state index contributed by atoms with van der Waals surface area (Å²) in [4.78, 5) is 13.8. The molecule has 0 bridgehead atoms. The predicted octanol–water partition coefficient (Wildman–Crippen LogP) is 2.88. The van der Waals surface area contributed by atoms with Gasteiger partial charge in [-0.15, -0.1) is 0 Å². The topological polar surface area (TPSA) is 146 Å². The number of methoxy groups -OCH3 is 1. The van der Waals surface area contributed by atoms with Crippen LogP contribution in [0.3, 0.4) is 0 Å². The summed E-state index contributed by atoms with van der Waals surface area (Å²) < 4.78 is 11.5. The summed E-state index contributed by atoms with van der Waals surface area (Å²) in [5.74, 6) is 1.55. The molecule has 35 heavy (non-hydrogen) atoms. The number of hydrogen-bond donors (Lipinski definition) is 5. The van der Waals surface area contributed by atoms with Crippen LogP contribution in [0, 0.1) is 25.2 Å². The van der Waals surface area contributed by atoms with E-state index in [2.05, 4.69) is 41.4 Å². The highest BCUT2D eigenvalue weighted by atomic mass is 16.5. The molecule has 3 aromatic rings. The van der Waals surface area contributed by atoms with Crippen LogP contribution in [0.5, 0.6) is 5.88 Å². The number of aryl methyl sites for hydroxylation is 2. The maximum atomic E-state index is 10.6. The van der Waals surface area contributed by atoms with E-state index in [4.69, 9.17) is 14.1 Å². The minimum Gasteiger partial charge on any atom is -0.481 e. The average Bonchev–Trinajstić information content (AvgIpc) is 3.33. The van der Waals surface area contributed by atoms with Gasteiger partial charge in [-0.1, -0.05) is 20.8 Å². The maximum absolute atomic E-state index is 10.6. The van der Waals surface area contributed by atoms with Crippen molar-refractivity contribution in [2.45, 2.75) is 59.3 Å². The molecule has 1 fully saturated rings. The minimum absolute atomic E-state index is 0.0198. The van der Waals surface area contributed by atoms with Gasteiger partial charge in [0.1, 0.15) is 17.7 Å². The fourth-order valence-corrected chi connectivity index (χ4v) is 4.42. The lowest BCUT2D eigenvalue weighted by Gasteiger charge is -2.22. The first-order valence-corrected chi connectivity index (χ1v) is 11.8. The van der Waals surface area contributed by atoms with Crippen LogP contribution in [0.2, 0.25) is 0 Å². The minimum atomic E-state index is -1.05. The van der Waals surface area contributed by atoms with Crippen LogP contribution in [0.1, 0.15) is 38.6 Å². The van der Waals surface area contributed by atoms with Crippen molar-refractivity contribution < 1.29 is 24.5 Å². The second kappa shape index (κ2) is 9.60. The van der Waals surface area contributed by atoms with E-state index < -0.39 is 24.2 Å². The summed E-state index contributed by atoms with van der Waals surface area (Å²) in [5, 5.41) is 37.9. The summed E-state index contributed by atoms with van der Waals surface area (Å²) in [6.45, 7) is 10.5. The predicted molar refractivity (Wildman–Crippen MR) is 134 cm³/mol. The number of nitrogens with one attached hydrogen (secondary N) is 2. The van der Waals surface area contributed by atoms with Crippen molar-refractivity contribution in [2.75, 3.05) is 30.9 Å². The van der Waals surface area contributed by atoms with E-state index in [1.54, 1.807) is 13.2 Å². The third kappa shape index (κ3) is 5.19. The van der Waals surface area contributed by atoms with Crippen molar-refractivity contribution in [3.05, 3.63) is 23.5 Å². The van der Waals surface area contributed by atoms with Crippen molar-refractivity contribution in [1.29, 1.82) is 0 Å². The molecule has 190 valence electrons. The number of furan rings is 1. The number of aromatic nitrogens is 3. The van der Waals surface area contributed by atoms with Gasteiger partial charge in [-0.2, -0.15) is 4.98 Å². The van der Waals surface area contributed by atoms with Crippen LogP contribution in [0.25, 0.3) is 22.3 Å². The molecule has 4 rings (SSSR count). The zero-order chi connectivity index (χ0) is 25.5. The third-order valence-electron chi connectivity index (χ3n) is 6.33. The van der Waals surface area contributed by atoms with E-state index in [0.29, 0.717) is 58.9 Å². The number of rotatable bonds is 7. The fourth-order valence-electron chi connectivity index (χ4n) is 4.42. The van der Waals surface area contributed by atoms with E-state index in [0.717, 1.165) is 5.39 Å². The zero-order valence-corrected chi connectivity index (χ0v) is 21.1. The summed E-state index contributed by atoms with van der Waals surface area (Å²) >= 11 is 0. The molecule has 0 saturated heterocycles. The first-order valence-electron chi connectivity index (χ1n) is 11.8. The lowest BCUT2D eigenvalue weighted by molar-refractivity contribution is 0.00446. The molecule has 0 spiro atoms. The van der Waals surface area contributed by atoms with Gasteiger partial charge in [-0.25, -0.2) is 9.97 Å². The molecule has 5 N–H and O–H groups in total. The lowest BCUT2D eigenvalue weighted by Crippen LogP contribution is -2.35. The van der Waals surface area contributed by atoms with Crippen LogP contribution in [-0.2, 0) is 0 Å². The Morgan fingerprint density at radius 1 is 1.09 bits per heavy atom. The molecular weight excluding hydrogens is 450 g/mol. The molecule has 1 aliphatic carbocycles. The van der Waals surface area contributed by atoms with Crippen LogP contribution >= 0.6 is 0 Å². The van der Waals surface area contributed by atoms with Gasteiger partial charge < -0.3 is 35.1 Å². The highest BCUT2D eigenvalue weighted by molar-refractivity contribution is 5.88.